The highest BCUT2D eigenvalue weighted by Crippen LogP contribution is 2.68. The van der Waals surface area contributed by atoms with Crippen molar-refractivity contribution in [1.29, 1.82) is 0 Å². The van der Waals surface area contributed by atoms with E-state index >= 15 is 0 Å². The van der Waals surface area contributed by atoms with Gasteiger partial charge in [-0.25, -0.2) is 4.79 Å². The Labute approximate surface area is 255 Å². The van der Waals surface area contributed by atoms with Crippen molar-refractivity contribution in [2.24, 2.45) is 11.3 Å². The van der Waals surface area contributed by atoms with E-state index in [1.165, 1.54) is 24.3 Å². The molecule has 1 amide bonds. The monoisotopic (exact) mass is 637 g/mol. The molecule has 42 heavy (non-hydrogen) atoms. The number of carbonyl (C=O) groups is 2. The van der Waals surface area contributed by atoms with Crippen molar-refractivity contribution in [3.63, 3.8) is 0 Å². The van der Waals surface area contributed by atoms with Gasteiger partial charge < -0.3 is 15.2 Å². The van der Waals surface area contributed by atoms with Gasteiger partial charge in [0, 0.05) is 25.4 Å². The lowest BCUT2D eigenvalue weighted by atomic mass is 9.47. The molecule has 4 fully saturated rings. The molecule has 0 radical (unpaired) electrons. The summed E-state index contributed by atoms with van der Waals surface area (Å²) in [5.41, 5.74) is -4.38. The van der Waals surface area contributed by atoms with E-state index in [-0.39, 0.29) is 40.5 Å². The van der Waals surface area contributed by atoms with Crippen LogP contribution in [0.4, 0.5) is 13.2 Å². The molecule has 2 N–H and O–H groups in total. The van der Waals surface area contributed by atoms with E-state index in [1.807, 2.05) is 12.1 Å². The molecule has 0 saturated heterocycles. The lowest BCUT2D eigenvalue weighted by molar-refractivity contribution is -0.148. The van der Waals surface area contributed by atoms with Crippen LogP contribution in [-0.2, 0) is 11.4 Å². The first-order chi connectivity index (χ1) is 19.8. The van der Waals surface area contributed by atoms with Gasteiger partial charge in [0.2, 0.25) is 0 Å². The number of hydrogen-bond acceptors (Lipinski definition) is 4. The zero-order valence-corrected chi connectivity index (χ0v) is 24.7. The molecule has 4 aliphatic rings. The van der Waals surface area contributed by atoms with Gasteiger partial charge >= 0.3 is 11.5 Å². The van der Waals surface area contributed by atoms with Gasteiger partial charge in [0.1, 0.15) is 18.4 Å². The van der Waals surface area contributed by atoms with Gasteiger partial charge in [-0.15, -0.1) is 23.2 Å². The van der Waals surface area contributed by atoms with Crippen molar-refractivity contribution in [3.05, 3.63) is 71.8 Å². The minimum Gasteiger partial charge on any atom is -0.487 e. The maximum atomic E-state index is 13.8. The summed E-state index contributed by atoms with van der Waals surface area (Å²) in [5.74, 6) is -1.26. The molecule has 0 spiro atoms. The highest BCUT2D eigenvalue weighted by atomic mass is 35.5. The van der Waals surface area contributed by atoms with Crippen molar-refractivity contribution in [2.75, 3.05) is 0 Å². The number of alkyl halides is 5. The number of carbonyl (C=O) groups excluding carboxylic acids is 1. The highest BCUT2D eigenvalue weighted by Gasteiger charge is 2.66. The van der Waals surface area contributed by atoms with Gasteiger partial charge in [0.15, 0.2) is 0 Å². The summed E-state index contributed by atoms with van der Waals surface area (Å²) in [5, 5.41) is 14.6. The zero-order chi connectivity index (χ0) is 29.9. The van der Waals surface area contributed by atoms with E-state index in [4.69, 9.17) is 27.9 Å². The van der Waals surface area contributed by atoms with Crippen LogP contribution in [0.5, 0.6) is 5.75 Å². The largest absolute Gasteiger partial charge is 0.487 e. The predicted molar refractivity (Wildman–Crippen MR) is 156 cm³/mol. The summed E-state index contributed by atoms with van der Waals surface area (Å²) in [6.45, 7) is -0.0111. The van der Waals surface area contributed by atoms with E-state index in [0.717, 1.165) is 18.2 Å². The van der Waals surface area contributed by atoms with Gasteiger partial charge in [-0.2, -0.15) is 13.2 Å². The molecule has 4 bridgehead atoms. The summed E-state index contributed by atoms with van der Waals surface area (Å²) in [6.07, 6.45) is 3.78. The molecule has 5 atom stereocenters. The number of rotatable bonds is 8. The molecule has 5 nitrogen and oxygen atoms in total. The van der Waals surface area contributed by atoms with Gasteiger partial charge in [-0.05, 0) is 85.4 Å². The Morgan fingerprint density at radius 2 is 1.64 bits per heavy atom. The smallest absolute Gasteiger partial charge is 0.446 e. The first-order valence-corrected chi connectivity index (χ1v) is 15.2. The number of ether oxygens (including phenoxy) is 1. The third kappa shape index (κ3) is 5.80. The van der Waals surface area contributed by atoms with Crippen molar-refractivity contribution >= 4 is 57.6 Å². The van der Waals surface area contributed by atoms with E-state index in [1.54, 1.807) is 24.3 Å². The number of hydrogen-bond donors (Lipinski definition) is 2. The van der Waals surface area contributed by atoms with Crippen molar-refractivity contribution in [2.45, 2.75) is 71.3 Å². The zero-order valence-electron chi connectivity index (χ0n) is 22.3. The number of nitrogens with one attached hydrogen (secondary N) is 1. The normalized spacial score (nSPS) is 28.9. The number of carboxylic acid groups (broad SMARTS) is 1. The third-order valence-corrected chi connectivity index (χ3v) is 10.4. The molecule has 3 aromatic carbocycles. The van der Waals surface area contributed by atoms with Gasteiger partial charge in [0.05, 0.1) is 5.56 Å². The van der Waals surface area contributed by atoms with E-state index < -0.39 is 38.6 Å². The second-order valence-corrected chi connectivity index (χ2v) is 14.8. The summed E-state index contributed by atoms with van der Waals surface area (Å²) in [7, 11) is 0. The summed E-state index contributed by atoms with van der Waals surface area (Å²) in [6, 6.07) is 15.3. The Kier molecular flexibility index (Phi) is 7.38. The molecular formula is C31H28Cl2F3NO4S. The Balaban J connectivity index is 1.28. The fourth-order valence-electron chi connectivity index (χ4n) is 7.80. The predicted octanol–water partition coefficient (Wildman–Crippen LogP) is 8.15. The van der Waals surface area contributed by atoms with Crippen molar-refractivity contribution in [1.82, 2.24) is 5.32 Å². The first-order valence-electron chi connectivity index (χ1n) is 13.7. The van der Waals surface area contributed by atoms with Crippen LogP contribution in [-0.4, -0.2) is 38.3 Å². The van der Waals surface area contributed by atoms with Crippen LogP contribution < -0.4 is 10.1 Å². The number of fused-ring (bicyclic) bond motifs is 1. The lowest BCUT2D eigenvalue weighted by Crippen LogP contribution is -2.66. The average molecular weight is 639 g/mol. The number of carboxylic acids is 1. The number of aliphatic carboxylic acids is 1. The van der Waals surface area contributed by atoms with Crippen LogP contribution in [0.1, 0.15) is 54.4 Å². The average Bonchev–Trinajstić information content (AvgIpc) is 2.87. The van der Waals surface area contributed by atoms with Crippen LogP contribution in [0.3, 0.4) is 0 Å². The molecule has 0 aromatic heterocycles. The molecule has 11 heteroatoms. The summed E-state index contributed by atoms with van der Waals surface area (Å²) < 4.78 is 44.3. The van der Waals surface area contributed by atoms with Gasteiger partial charge in [0.25, 0.3) is 5.91 Å². The number of thioether (sulfide) groups is 1. The van der Waals surface area contributed by atoms with Gasteiger partial charge in [-0.1, -0.05) is 42.5 Å². The molecule has 3 aromatic rings. The van der Waals surface area contributed by atoms with Crippen molar-refractivity contribution < 1.29 is 32.6 Å². The standard InChI is InChI=1S/C31H28Cl2F3NO4S/c32-29-12-19-11-28(15-29,16-30(33,13-19)17-29)25(27(39)40)37-26(38)23-10-7-20-3-1-2-4-22(20)24(23)41-14-18-5-8-21(9-6-18)42-31(34,35)36/h1-10,19,25H,11-17H2,(H,37,38)(H,39,40)/t19-,25-,28?,29+,30-/m1/s1. The van der Waals surface area contributed by atoms with Crippen molar-refractivity contribution in [3.8, 4) is 5.75 Å². The fraction of sp³-hybridized carbons (Fsp3) is 0.419. The number of halogens is 5. The molecule has 0 heterocycles. The van der Waals surface area contributed by atoms with E-state index in [0.29, 0.717) is 36.6 Å². The van der Waals surface area contributed by atoms with E-state index in [9.17, 15) is 27.9 Å². The molecule has 7 rings (SSSR count). The Morgan fingerprint density at radius 3 is 2.26 bits per heavy atom. The molecule has 0 aliphatic heterocycles. The molecular weight excluding hydrogens is 610 g/mol. The topological polar surface area (TPSA) is 75.6 Å². The van der Waals surface area contributed by atoms with Crippen LogP contribution in [0.2, 0.25) is 0 Å². The minimum absolute atomic E-state index is 0.0111. The molecule has 4 aliphatic carbocycles. The lowest BCUT2D eigenvalue weighted by Gasteiger charge is -2.64. The second kappa shape index (κ2) is 10.5. The summed E-state index contributed by atoms with van der Waals surface area (Å²) in [4.78, 5) is 25.4. The maximum Gasteiger partial charge on any atom is 0.446 e. The summed E-state index contributed by atoms with van der Waals surface area (Å²) >= 11 is 13.8. The fourth-order valence-corrected chi connectivity index (χ4v) is 9.89. The van der Waals surface area contributed by atoms with E-state index in [2.05, 4.69) is 5.32 Å². The first kappa shape index (κ1) is 29.5. The molecule has 1 unspecified atom stereocenters. The van der Waals surface area contributed by atoms with Crippen LogP contribution >= 0.6 is 35.0 Å². The molecule has 222 valence electrons. The Hall–Kier alpha value is -2.62. The Morgan fingerprint density at radius 1 is 0.976 bits per heavy atom. The quantitative estimate of drug-likeness (QED) is 0.193. The van der Waals surface area contributed by atoms with Crippen LogP contribution in [0, 0.1) is 11.3 Å². The van der Waals surface area contributed by atoms with Crippen LogP contribution in [0.15, 0.2) is 65.6 Å². The molecule has 4 saturated carbocycles. The Bertz CT molecular complexity index is 1530. The number of amides is 1. The maximum absolute atomic E-state index is 13.8. The SMILES string of the molecule is O=C(N[C@H](C(=O)O)C12C[C@H]3C[C@@](Cl)(C1)C[C@](Cl)(C3)C2)c1ccc2ccccc2c1OCc1ccc(SC(F)(F)F)cc1. The van der Waals surface area contributed by atoms with Crippen LogP contribution in [0.25, 0.3) is 10.8 Å². The van der Waals surface area contributed by atoms with Gasteiger partial charge in [-0.3, -0.25) is 4.79 Å². The third-order valence-electron chi connectivity index (χ3n) is 8.77. The minimum atomic E-state index is -4.39. The highest BCUT2D eigenvalue weighted by molar-refractivity contribution is 8.00. The second-order valence-electron chi connectivity index (χ2n) is 12.1. The number of benzene rings is 3.